The number of carbonyl (C=O) groups excluding carboxylic acids is 1. The Hall–Kier alpha value is -2.93. The molecule has 1 amide bonds. The van der Waals surface area contributed by atoms with E-state index < -0.39 is 0 Å². The van der Waals surface area contributed by atoms with Crippen LogP contribution in [0.25, 0.3) is 5.69 Å². The molecule has 7 nitrogen and oxygen atoms in total. The van der Waals surface area contributed by atoms with Crippen molar-refractivity contribution in [2.45, 2.75) is 46.2 Å². The maximum atomic E-state index is 12.7. The molecule has 1 aliphatic carbocycles. The topological polar surface area (TPSA) is 81.8 Å². The van der Waals surface area contributed by atoms with Crippen LogP contribution < -0.4 is 10.9 Å². The third kappa shape index (κ3) is 4.16. The molecule has 1 N–H and O–H groups in total. The summed E-state index contributed by atoms with van der Waals surface area (Å²) in [7, 11) is 0. The third-order valence-electron chi connectivity index (χ3n) is 5.42. The molecule has 0 fully saturated rings. The summed E-state index contributed by atoms with van der Waals surface area (Å²) in [5.41, 5.74) is 3.91. The van der Waals surface area contributed by atoms with Gasteiger partial charge in [-0.1, -0.05) is 43.1 Å². The zero-order valence-electron chi connectivity index (χ0n) is 17.2. The molecule has 8 heteroatoms. The molecule has 1 aromatic carbocycles. The standard InChI is InChI=1S/C22H24ClN5O2/c1-14-4-6-15(7-5-14)28-18-11-22(2,3)10-17(16(18)12-24-28)25-20(29)13-27-21(30)9-8-19(23)26-27/h4-9,12,17H,10-11,13H2,1-3H3,(H,25,29)/t17-/m1/s1. The fourth-order valence-corrected chi connectivity index (χ4v) is 4.15. The van der Waals surface area contributed by atoms with Gasteiger partial charge in [0.05, 0.1) is 23.6 Å². The molecule has 156 valence electrons. The molecule has 4 rings (SSSR count). The van der Waals surface area contributed by atoms with Gasteiger partial charge in [-0.2, -0.15) is 10.2 Å². The monoisotopic (exact) mass is 425 g/mol. The number of carbonyl (C=O) groups is 1. The molecular weight excluding hydrogens is 402 g/mol. The molecule has 2 aromatic heterocycles. The van der Waals surface area contributed by atoms with E-state index in [4.69, 9.17) is 11.6 Å². The van der Waals surface area contributed by atoms with Crippen molar-refractivity contribution in [3.8, 4) is 5.69 Å². The summed E-state index contributed by atoms with van der Waals surface area (Å²) in [4.78, 5) is 24.6. The quantitative estimate of drug-likeness (QED) is 0.695. The number of hydrogen-bond acceptors (Lipinski definition) is 4. The van der Waals surface area contributed by atoms with Crippen molar-refractivity contribution in [3.63, 3.8) is 0 Å². The van der Waals surface area contributed by atoms with Crippen molar-refractivity contribution in [2.75, 3.05) is 0 Å². The van der Waals surface area contributed by atoms with E-state index in [2.05, 4.69) is 60.6 Å². The highest BCUT2D eigenvalue weighted by atomic mass is 35.5. The van der Waals surface area contributed by atoms with Crippen molar-refractivity contribution < 1.29 is 4.79 Å². The number of rotatable bonds is 4. The van der Waals surface area contributed by atoms with Crippen molar-refractivity contribution in [1.29, 1.82) is 0 Å². The molecule has 0 bridgehead atoms. The minimum absolute atomic E-state index is 0.0153. The number of aryl methyl sites for hydroxylation is 1. The lowest BCUT2D eigenvalue weighted by molar-refractivity contribution is -0.123. The van der Waals surface area contributed by atoms with E-state index >= 15 is 0 Å². The van der Waals surface area contributed by atoms with E-state index in [1.54, 1.807) is 0 Å². The number of fused-ring (bicyclic) bond motifs is 1. The SMILES string of the molecule is Cc1ccc(-n2ncc3c2CC(C)(C)C[C@H]3NC(=O)Cn2nc(Cl)ccc2=O)cc1. The smallest absolute Gasteiger partial charge is 0.267 e. The number of aromatic nitrogens is 4. The number of hydrogen-bond donors (Lipinski definition) is 1. The van der Waals surface area contributed by atoms with E-state index in [1.807, 2.05) is 10.9 Å². The predicted molar refractivity (Wildman–Crippen MR) is 115 cm³/mol. The maximum absolute atomic E-state index is 12.7. The Morgan fingerprint density at radius 3 is 2.70 bits per heavy atom. The van der Waals surface area contributed by atoms with Crippen LogP contribution in [-0.4, -0.2) is 25.5 Å². The number of benzene rings is 1. The average molecular weight is 426 g/mol. The molecular formula is C22H24ClN5O2. The first kappa shape index (κ1) is 20.3. The van der Waals surface area contributed by atoms with Crippen molar-refractivity contribution in [3.05, 3.63) is 74.9 Å². The lowest BCUT2D eigenvalue weighted by atomic mass is 9.74. The van der Waals surface area contributed by atoms with Gasteiger partial charge >= 0.3 is 0 Å². The summed E-state index contributed by atoms with van der Waals surface area (Å²) in [6.07, 6.45) is 3.47. The molecule has 0 saturated heterocycles. The van der Waals surface area contributed by atoms with Crippen LogP contribution >= 0.6 is 11.6 Å². The summed E-state index contributed by atoms with van der Waals surface area (Å²) in [6, 6.07) is 10.7. The minimum atomic E-state index is -0.369. The highest BCUT2D eigenvalue weighted by Crippen LogP contribution is 2.41. The Bertz CT molecular complexity index is 1150. The molecule has 0 spiro atoms. The molecule has 0 radical (unpaired) electrons. The molecule has 1 aliphatic rings. The van der Waals surface area contributed by atoms with Gasteiger partial charge in [-0.15, -0.1) is 0 Å². The number of nitrogens with zero attached hydrogens (tertiary/aromatic N) is 4. The third-order valence-corrected chi connectivity index (χ3v) is 5.62. The summed E-state index contributed by atoms with van der Waals surface area (Å²) >= 11 is 5.85. The second-order valence-corrected chi connectivity index (χ2v) is 9.00. The van der Waals surface area contributed by atoms with E-state index in [0.29, 0.717) is 0 Å². The Morgan fingerprint density at radius 2 is 1.97 bits per heavy atom. The lowest BCUT2D eigenvalue weighted by Gasteiger charge is -2.36. The molecule has 30 heavy (non-hydrogen) atoms. The Morgan fingerprint density at radius 1 is 1.23 bits per heavy atom. The van der Waals surface area contributed by atoms with Gasteiger partial charge in [0.15, 0.2) is 0 Å². The van der Waals surface area contributed by atoms with Crippen LogP contribution in [0.2, 0.25) is 5.15 Å². The minimum Gasteiger partial charge on any atom is -0.348 e. The van der Waals surface area contributed by atoms with Gasteiger partial charge in [-0.25, -0.2) is 9.36 Å². The van der Waals surface area contributed by atoms with Crippen LogP contribution in [0.3, 0.4) is 0 Å². The van der Waals surface area contributed by atoms with Gasteiger partial charge in [0.25, 0.3) is 5.56 Å². The van der Waals surface area contributed by atoms with Crippen LogP contribution in [0.15, 0.2) is 47.4 Å². The molecule has 0 unspecified atom stereocenters. The van der Waals surface area contributed by atoms with Crippen molar-refractivity contribution in [1.82, 2.24) is 24.9 Å². The largest absolute Gasteiger partial charge is 0.348 e. The second kappa shape index (κ2) is 7.72. The van der Waals surface area contributed by atoms with Crippen LogP contribution in [0.1, 0.15) is 43.1 Å². The van der Waals surface area contributed by atoms with Crippen LogP contribution in [0.4, 0.5) is 0 Å². The number of halogens is 1. The highest BCUT2D eigenvalue weighted by molar-refractivity contribution is 6.29. The van der Waals surface area contributed by atoms with Gasteiger partial charge in [0.2, 0.25) is 5.91 Å². The zero-order valence-corrected chi connectivity index (χ0v) is 18.0. The summed E-state index contributed by atoms with van der Waals surface area (Å²) in [5.74, 6) is -0.288. The van der Waals surface area contributed by atoms with Crippen LogP contribution in [-0.2, 0) is 17.8 Å². The summed E-state index contributed by atoms with van der Waals surface area (Å²) in [5, 5.41) is 11.8. The second-order valence-electron chi connectivity index (χ2n) is 8.61. The first-order chi connectivity index (χ1) is 14.2. The van der Waals surface area contributed by atoms with Crippen LogP contribution in [0, 0.1) is 12.3 Å². The Labute approximate surface area is 179 Å². The molecule has 0 saturated carbocycles. The number of nitrogens with one attached hydrogen (secondary N) is 1. The van der Waals surface area contributed by atoms with Gasteiger partial charge in [0, 0.05) is 11.6 Å². The van der Waals surface area contributed by atoms with Gasteiger partial charge < -0.3 is 5.32 Å². The summed E-state index contributed by atoms with van der Waals surface area (Å²) in [6.45, 7) is 6.24. The van der Waals surface area contributed by atoms with Crippen molar-refractivity contribution in [2.24, 2.45) is 5.41 Å². The molecule has 3 aromatic rings. The van der Waals surface area contributed by atoms with E-state index in [0.717, 1.165) is 34.5 Å². The predicted octanol–water partition coefficient (Wildman–Crippen LogP) is 3.22. The fraction of sp³-hybridized carbons (Fsp3) is 0.364. The number of amides is 1. The van der Waals surface area contributed by atoms with E-state index in [1.165, 1.54) is 17.7 Å². The summed E-state index contributed by atoms with van der Waals surface area (Å²) < 4.78 is 3.03. The molecule has 0 aliphatic heterocycles. The molecule has 1 atom stereocenters. The van der Waals surface area contributed by atoms with Crippen molar-refractivity contribution >= 4 is 17.5 Å². The molecule has 2 heterocycles. The zero-order chi connectivity index (χ0) is 21.5. The Kier molecular flexibility index (Phi) is 5.24. The van der Waals surface area contributed by atoms with Gasteiger partial charge in [-0.05, 0) is 43.4 Å². The lowest BCUT2D eigenvalue weighted by Crippen LogP contribution is -2.39. The highest BCUT2D eigenvalue weighted by Gasteiger charge is 2.36. The van der Waals surface area contributed by atoms with Gasteiger partial charge in [0.1, 0.15) is 11.7 Å². The normalized spacial score (nSPS) is 17.4. The Balaban J connectivity index is 1.61. The first-order valence-corrected chi connectivity index (χ1v) is 10.3. The van der Waals surface area contributed by atoms with E-state index in [9.17, 15) is 9.59 Å². The first-order valence-electron chi connectivity index (χ1n) is 9.89. The fourth-order valence-electron chi connectivity index (χ4n) is 3.99. The van der Waals surface area contributed by atoms with E-state index in [-0.39, 0.29) is 34.6 Å². The average Bonchev–Trinajstić information content (AvgIpc) is 3.08. The van der Waals surface area contributed by atoms with Gasteiger partial charge in [-0.3, -0.25) is 9.59 Å². The maximum Gasteiger partial charge on any atom is 0.267 e. The van der Waals surface area contributed by atoms with Crippen LogP contribution in [0.5, 0.6) is 0 Å².